The Balaban J connectivity index is 1.68. The van der Waals surface area contributed by atoms with Gasteiger partial charge in [0.1, 0.15) is 10.8 Å². The lowest BCUT2D eigenvalue weighted by molar-refractivity contribution is 0.342. The van der Waals surface area contributed by atoms with Gasteiger partial charge in [0.25, 0.3) is 0 Å². The first-order valence-corrected chi connectivity index (χ1v) is 9.97. The zero-order valence-electron chi connectivity index (χ0n) is 14.9. The molecular formula is C19H17Cl3N4OS. The molecule has 0 aliphatic rings. The van der Waals surface area contributed by atoms with Gasteiger partial charge in [-0.1, -0.05) is 53.0 Å². The van der Waals surface area contributed by atoms with Gasteiger partial charge in [-0.25, -0.2) is 0 Å². The minimum absolute atomic E-state index is 0.355. The highest BCUT2D eigenvalue weighted by Crippen LogP contribution is 2.26. The van der Waals surface area contributed by atoms with E-state index in [1.165, 1.54) is 0 Å². The highest BCUT2D eigenvalue weighted by atomic mass is 35.5. The monoisotopic (exact) mass is 454 g/mol. The first-order chi connectivity index (χ1) is 13.5. The fraction of sp³-hybridized carbons (Fsp3) is 0.158. The van der Waals surface area contributed by atoms with E-state index in [-0.39, 0.29) is 0 Å². The summed E-state index contributed by atoms with van der Waals surface area (Å²) in [7, 11) is 0. The van der Waals surface area contributed by atoms with Crippen LogP contribution in [0.4, 0.5) is 11.5 Å². The van der Waals surface area contributed by atoms with Crippen molar-refractivity contribution >= 4 is 63.6 Å². The number of aromatic nitrogens is 2. The number of hydrogen-bond acceptors (Lipinski definition) is 3. The van der Waals surface area contributed by atoms with Crippen LogP contribution in [0.1, 0.15) is 12.5 Å². The molecule has 2 aromatic carbocycles. The Labute approximate surface area is 183 Å². The van der Waals surface area contributed by atoms with E-state index in [1.54, 1.807) is 23.0 Å². The zero-order valence-corrected chi connectivity index (χ0v) is 18.0. The average Bonchev–Trinajstić information content (AvgIpc) is 2.99. The average molecular weight is 456 g/mol. The van der Waals surface area contributed by atoms with Crippen molar-refractivity contribution in [2.45, 2.75) is 13.5 Å². The lowest BCUT2D eigenvalue weighted by Gasteiger charge is -2.13. The number of nitrogens with one attached hydrogen (secondary N) is 2. The van der Waals surface area contributed by atoms with E-state index in [0.717, 1.165) is 11.3 Å². The Kier molecular flexibility index (Phi) is 7.02. The fourth-order valence-corrected chi connectivity index (χ4v) is 3.23. The van der Waals surface area contributed by atoms with Gasteiger partial charge in [-0.3, -0.25) is 4.68 Å². The summed E-state index contributed by atoms with van der Waals surface area (Å²) in [6.07, 6.45) is 1.71. The Morgan fingerprint density at radius 2 is 1.86 bits per heavy atom. The molecule has 146 valence electrons. The first kappa shape index (κ1) is 20.7. The topological polar surface area (TPSA) is 51.1 Å². The van der Waals surface area contributed by atoms with Crippen LogP contribution in [0.15, 0.2) is 48.7 Å². The maximum absolute atomic E-state index is 6.29. The van der Waals surface area contributed by atoms with Crippen molar-refractivity contribution in [3.8, 4) is 5.75 Å². The quantitative estimate of drug-likeness (QED) is 0.440. The molecule has 0 amide bonds. The smallest absolute Gasteiger partial charge is 0.176 e. The SMILES string of the molecule is CCOc1ccccc1NC(=S)Nc1nn(Cc2ccc(Cl)c(Cl)c2)cc1Cl. The Morgan fingerprint density at radius 3 is 2.61 bits per heavy atom. The molecule has 0 saturated heterocycles. The van der Waals surface area contributed by atoms with Crippen molar-refractivity contribution in [1.82, 2.24) is 9.78 Å². The van der Waals surface area contributed by atoms with Gasteiger partial charge in [0, 0.05) is 6.20 Å². The van der Waals surface area contributed by atoms with Crippen molar-refractivity contribution in [2.75, 3.05) is 17.2 Å². The van der Waals surface area contributed by atoms with Crippen LogP contribution >= 0.6 is 47.0 Å². The number of ether oxygens (including phenoxy) is 1. The standard InChI is InChI=1S/C19H17Cl3N4OS/c1-2-27-17-6-4-3-5-16(17)23-19(28)24-18-15(22)11-26(25-18)10-12-7-8-13(20)14(21)9-12/h3-9,11H,2,10H2,1H3,(H2,23,24,25,28). The zero-order chi connectivity index (χ0) is 20.1. The molecule has 9 heteroatoms. The molecule has 0 spiro atoms. The summed E-state index contributed by atoms with van der Waals surface area (Å²) in [6, 6.07) is 13.0. The number of anilines is 2. The molecule has 3 rings (SSSR count). The lowest BCUT2D eigenvalue weighted by Crippen LogP contribution is -2.20. The Bertz CT molecular complexity index is 993. The van der Waals surface area contributed by atoms with E-state index < -0.39 is 0 Å². The van der Waals surface area contributed by atoms with Crippen LogP contribution in [0.2, 0.25) is 15.1 Å². The summed E-state index contributed by atoms with van der Waals surface area (Å²) >= 11 is 23.7. The number of halogens is 3. The molecule has 1 heterocycles. The van der Waals surface area contributed by atoms with Gasteiger partial charge >= 0.3 is 0 Å². The second-order valence-electron chi connectivity index (χ2n) is 5.78. The summed E-state index contributed by atoms with van der Waals surface area (Å²) in [5.74, 6) is 1.17. The molecule has 0 radical (unpaired) electrons. The number of thiocarbonyl (C=S) groups is 1. The second-order valence-corrected chi connectivity index (χ2v) is 7.41. The van der Waals surface area contributed by atoms with Gasteiger partial charge in [-0.05, 0) is 49.0 Å². The number of benzene rings is 2. The van der Waals surface area contributed by atoms with Gasteiger partial charge in [0.15, 0.2) is 10.9 Å². The Morgan fingerprint density at radius 1 is 1.07 bits per heavy atom. The summed E-state index contributed by atoms with van der Waals surface area (Å²) < 4.78 is 7.28. The first-order valence-electron chi connectivity index (χ1n) is 8.43. The van der Waals surface area contributed by atoms with Crippen LogP contribution in [0, 0.1) is 0 Å². The molecule has 3 aromatic rings. The van der Waals surface area contributed by atoms with Crippen LogP contribution in [-0.2, 0) is 6.54 Å². The van der Waals surface area contributed by atoms with Gasteiger partial charge in [-0.2, -0.15) is 5.10 Å². The summed E-state index contributed by atoms with van der Waals surface area (Å²) in [6.45, 7) is 2.98. The van der Waals surface area contributed by atoms with E-state index in [9.17, 15) is 0 Å². The molecule has 0 aliphatic carbocycles. The van der Waals surface area contributed by atoms with Crippen LogP contribution < -0.4 is 15.4 Å². The predicted octanol–water partition coefficient (Wildman–Crippen LogP) is 6.10. The van der Waals surface area contributed by atoms with Crippen molar-refractivity contribution in [1.29, 1.82) is 0 Å². The summed E-state index contributed by atoms with van der Waals surface area (Å²) in [5.41, 5.74) is 1.71. The van der Waals surface area contributed by atoms with Crippen molar-refractivity contribution < 1.29 is 4.74 Å². The third-order valence-corrected chi connectivity index (χ3v) is 4.93. The lowest BCUT2D eigenvalue weighted by atomic mass is 10.2. The molecular weight excluding hydrogens is 439 g/mol. The van der Waals surface area contributed by atoms with Crippen LogP contribution in [-0.4, -0.2) is 21.5 Å². The molecule has 0 unspecified atom stereocenters. The van der Waals surface area contributed by atoms with E-state index in [4.69, 9.17) is 51.8 Å². The number of hydrogen-bond donors (Lipinski definition) is 2. The van der Waals surface area contributed by atoms with Crippen LogP contribution in [0.5, 0.6) is 5.75 Å². The van der Waals surface area contributed by atoms with Gasteiger partial charge in [-0.15, -0.1) is 0 Å². The molecule has 0 bridgehead atoms. The van der Waals surface area contributed by atoms with Crippen molar-refractivity contribution in [3.05, 3.63) is 69.3 Å². The highest BCUT2D eigenvalue weighted by Gasteiger charge is 2.11. The highest BCUT2D eigenvalue weighted by molar-refractivity contribution is 7.80. The molecule has 0 fully saturated rings. The van der Waals surface area contributed by atoms with E-state index >= 15 is 0 Å². The van der Waals surface area contributed by atoms with Crippen molar-refractivity contribution in [3.63, 3.8) is 0 Å². The molecule has 0 atom stereocenters. The minimum atomic E-state index is 0.355. The normalized spacial score (nSPS) is 10.6. The molecule has 2 N–H and O–H groups in total. The molecule has 1 aromatic heterocycles. The largest absolute Gasteiger partial charge is 0.492 e. The van der Waals surface area contributed by atoms with E-state index in [2.05, 4.69) is 15.7 Å². The number of nitrogens with zero attached hydrogens (tertiary/aromatic N) is 2. The third kappa shape index (κ3) is 5.29. The van der Waals surface area contributed by atoms with Gasteiger partial charge in [0.2, 0.25) is 0 Å². The fourth-order valence-electron chi connectivity index (χ4n) is 2.50. The Hall–Kier alpha value is -1.99. The molecule has 5 nitrogen and oxygen atoms in total. The van der Waals surface area contributed by atoms with Crippen molar-refractivity contribution in [2.24, 2.45) is 0 Å². The number of rotatable bonds is 6. The van der Waals surface area contributed by atoms with Gasteiger partial charge in [0.05, 0.1) is 28.9 Å². The minimum Gasteiger partial charge on any atom is -0.492 e. The maximum Gasteiger partial charge on any atom is 0.176 e. The summed E-state index contributed by atoms with van der Waals surface area (Å²) in [5, 5.41) is 12.3. The van der Waals surface area contributed by atoms with Gasteiger partial charge < -0.3 is 15.4 Å². The maximum atomic E-state index is 6.29. The molecule has 28 heavy (non-hydrogen) atoms. The van der Waals surface area contributed by atoms with Crippen LogP contribution in [0.25, 0.3) is 0 Å². The van der Waals surface area contributed by atoms with E-state index in [0.29, 0.717) is 44.9 Å². The van der Waals surface area contributed by atoms with Crippen LogP contribution in [0.3, 0.4) is 0 Å². The summed E-state index contributed by atoms with van der Waals surface area (Å²) in [4.78, 5) is 0. The molecule has 0 saturated carbocycles. The van der Waals surface area contributed by atoms with E-state index in [1.807, 2.05) is 37.3 Å². The number of para-hydroxylation sites is 2. The predicted molar refractivity (Wildman–Crippen MR) is 120 cm³/mol. The second kappa shape index (κ2) is 9.47. The molecule has 0 aliphatic heterocycles. The third-order valence-electron chi connectivity index (χ3n) is 3.71.